The Balaban J connectivity index is 1.94. The topological polar surface area (TPSA) is 24.1 Å². The minimum atomic E-state index is -1.42. The number of anilines is 1. The smallest absolute Gasteiger partial charge is 0.194 e. The van der Waals surface area contributed by atoms with Crippen molar-refractivity contribution in [3.05, 3.63) is 29.6 Å². The minimum absolute atomic E-state index is 0.284. The Morgan fingerprint density at radius 2 is 1.94 bits per heavy atom. The lowest BCUT2D eigenvalue weighted by atomic mass is 10.00. The van der Waals surface area contributed by atoms with Crippen molar-refractivity contribution in [2.24, 2.45) is 5.92 Å². The van der Waals surface area contributed by atoms with Gasteiger partial charge in [-0.15, -0.1) is 0 Å². The summed E-state index contributed by atoms with van der Waals surface area (Å²) in [5.41, 5.74) is 0.284. The average molecular weight is 244 g/mol. The molecule has 0 aliphatic carbocycles. The molecule has 0 spiro atoms. The van der Waals surface area contributed by atoms with Gasteiger partial charge in [-0.3, -0.25) is 0 Å². The molecule has 1 saturated heterocycles. The highest BCUT2D eigenvalue weighted by atomic mass is 19.2. The summed E-state index contributed by atoms with van der Waals surface area (Å²) in [4.78, 5) is 0. The van der Waals surface area contributed by atoms with Crippen molar-refractivity contribution in [2.75, 3.05) is 25.0 Å². The maximum absolute atomic E-state index is 12.9. The number of piperidine rings is 1. The van der Waals surface area contributed by atoms with E-state index < -0.39 is 17.5 Å². The maximum atomic E-state index is 12.9. The van der Waals surface area contributed by atoms with Crippen LogP contribution < -0.4 is 10.6 Å². The van der Waals surface area contributed by atoms with Crippen LogP contribution in [-0.2, 0) is 0 Å². The summed E-state index contributed by atoms with van der Waals surface area (Å²) in [6.45, 7) is 2.56. The average Bonchev–Trinajstić information content (AvgIpc) is 2.34. The summed E-state index contributed by atoms with van der Waals surface area (Å²) in [5, 5.41) is 6.19. The molecule has 2 nitrogen and oxygen atoms in total. The molecule has 1 atom stereocenters. The van der Waals surface area contributed by atoms with E-state index in [0.717, 1.165) is 38.1 Å². The van der Waals surface area contributed by atoms with Gasteiger partial charge in [-0.1, -0.05) is 0 Å². The van der Waals surface area contributed by atoms with Crippen LogP contribution in [0.3, 0.4) is 0 Å². The van der Waals surface area contributed by atoms with Crippen LogP contribution in [0, 0.1) is 23.4 Å². The fourth-order valence-electron chi connectivity index (χ4n) is 2.02. The molecular weight excluding hydrogens is 229 g/mol. The lowest BCUT2D eigenvalue weighted by Gasteiger charge is -2.23. The van der Waals surface area contributed by atoms with Crippen molar-refractivity contribution >= 4 is 5.69 Å². The van der Waals surface area contributed by atoms with Crippen molar-refractivity contribution < 1.29 is 13.2 Å². The zero-order valence-corrected chi connectivity index (χ0v) is 9.40. The molecule has 1 aliphatic heterocycles. The summed E-state index contributed by atoms with van der Waals surface area (Å²) >= 11 is 0. The summed E-state index contributed by atoms with van der Waals surface area (Å²) in [6.07, 6.45) is 2.20. The molecule has 0 aromatic heterocycles. The highest BCUT2D eigenvalue weighted by Gasteiger charge is 2.14. The van der Waals surface area contributed by atoms with E-state index in [1.54, 1.807) is 0 Å². The third-order valence-corrected chi connectivity index (χ3v) is 2.98. The van der Waals surface area contributed by atoms with E-state index in [9.17, 15) is 13.2 Å². The zero-order valence-electron chi connectivity index (χ0n) is 9.40. The number of hydrogen-bond acceptors (Lipinski definition) is 2. The fourth-order valence-corrected chi connectivity index (χ4v) is 2.02. The molecule has 1 aliphatic rings. The van der Waals surface area contributed by atoms with Gasteiger partial charge in [0.05, 0.1) is 0 Å². The van der Waals surface area contributed by atoms with Gasteiger partial charge >= 0.3 is 0 Å². The van der Waals surface area contributed by atoms with Crippen LogP contribution in [-0.4, -0.2) is 19.6 Å². The van der Waals surface area contributed by atoms with Crippen LogP contribution >= 0.6 is 0 Å². The standard InChI is InChI=1S/C12H15F3N2/c13-10-4-9(5-11(14)12(10)15)17-7-8-2-1-3-16-6-8/h4-5,8,16-17H,1-3,6-7H2. The Kier molecular flexibility index (Phi) is 3.89. The fraction of sp³-hybridized carbons (Fsp3) is 0.500. The second-order valence-corrected chi connectivity index (χ2v) is 4.35. The van der Waals surface area contributed by atoms with Gasteiger partial charge in [0.1, 0.15) is 0 Å². The van der Waals surface area contributed by atoms with E-state index in [1.807, 2.05) is 0 Å². The first-order valence-electron chi connectivity index (χ1n) is 5.76. The molecule has 0 amide bonds. The summed E-state index contributed by atoms with van der Waals surface area (Å²) < 4.78 is 38.6. The molecule has 2 N–H and O–H groups in total. The van der Waals surface area contributed by atoms with Crippen molar-refractivity contribution in [1.29, 1.82) is 0 Å². The monoisotopic (exact) mass is 244 g/mol. The first-order valence-corrected chi connectivity index (χ1v) is 5.76. The molecule has 1 fully saturated rings. The molecule has 0 bridgehead atoms. The molecule has 2 rings (SSSR count). The lowest BCUT2D eigenvalue weighted by molar-refractivity contribution is 0.392. The highest BCUT2D eigenvalue weighted by molar-refractivity contribution is 5.44. The molecule has 5 heteroatoms. The van der Waals surface area contributed by atoms with Gasteiger partial charge in [0.15, 0.2) is 17.5 Å². The molecule has 0 radical (unpaired) electrons. The Labute approximate surface area is 98.2 Å². The van der Waals surface area contributed by atoms with Gasteiger partial charge in [-0.05, 0) is 31.8 Å². The molecule has 17 heavy (non-hydrogen) atoms. The lowest BCUT2D eigenvalue weighted by Crippen LogP contribution is -2.33. The molecule has 94 valence electrons. The zero-order chi connectivity index (χ0) is 12.3. The first kappa shape index (κ1) is 12.2. The van der Waals surface area contributed by atoms with Crippen LogP contribution in [0.15, 0.2) is 12.1 Å². The number of hydrogen-bond donors (Lipinski definition) is 2. The number of benzene rings is 1. The molecule has 0 saturated carbocycles. The summed E-state index contributed by atoms with van der Waals surface area (Å²) in [6, 6.07) is 1.96. The van der Waals surface area contributed by atoms with Crippen LogP contribution in [0.1, 0.15) is 12.8 Å². The third kappa shape index (κ3) is 3.12. The summed E-state index contributed by atoms with van der Waals surface area (Å²) in [7, 11) is 0. The van der Waals surface area contributed by atoms with Crippen LogP contribution in [0.2, 0.25) is 0 Å². The Morgan fingerprint density at radius 3 is 2.53 bits per heavy atom. The van der Waals surface area contributed by atoms with Crippen LogP contribution in [0.4, 0.5) is 18.9 Å². The Morgan fingerprint density at radius 1 is 1.24 bits per heavy atom. The van der Waals surface area contributed by atoms with Gasteiger partial charge < -0.3 is 10.6 Å². The third-order valence-electron chi connectivity index (χ3n) is 2.98. The molecular formula is C12H15F3N2. The first-order chi connectivity index (χ1) is 8.16. The predicted molar refractivity (Wildman–Crippen MR) is 60.4 cm³/mol. The van der Waals surface area contributed by atoms with Gasteiger partial charge in [0, 0.05) is 24.4 Å². The predicted octanol–water partition coefficient (Wildman–Crippen LogP) is 2.52. The van der Waals surface area contributed by atoms with Gasteiger partial charge in [0.2, 0.25) is 0 Å². The normalized spacial score (nSPS) is 20.3. The van der Waals surface area contributed by atoms with Crippen LogP contribution in [0.25, 0.3) is 0 Å². The highest BCUT2D eigenvalue weighted by Crippen LogP contribution is 2.18. The van der Waals surface area contributed by atoms with Crippen molar-refractivity contribution in [2.45, 2.75) is 12.8 Å². The quantitative estimate of drug-likeness (QED) is 0.798. The van der Waals surface area contributed by atoms with Crippen molar-refractivity contribution in [3.63, 3.8) is 0 Å². The van der Waals surface area contributed by atoms with E-state index >= 15 is 0 Å². The molecule has 1 aromatic rings. The largest absolute Gasteiger partial charge is 0.385 e. The van der Waals surface area contributed by atoms with Gasteiger partial charge in [-0.2, -0.15) is 0 Å². The Hall–Kier alpha value is -1.23. The van der Waals surface area contributed by atoms with E-state index in [2.05, 4.69) is 10.6 Å². The molecule has 1 unspecified atom stereocenters. The van der Waals surface area contributed by atoms with Crippen molar-refractivity contribution in [3.8, 4) is 0 Å². The van der Waals surface area contributed by atoms with Crippen LogP contribution in [0.5, 0.6) is 0 Å². The van der Waals surface area contributed by atoms with Gasteiger partial charge in [0.25, 0.3) is 0 Å². The minimum Gasteiger partial charge on any atom is -0.385 e. The number of rotatable bonds is 3. The number of nitrogens with one attached hydrogen (secondary N) is 2. The molecule has 1 heterocycles. The maximum Gasteiger partial charge on any atom is 0.194 e. The molecule has 1 aromatic carbocycles. The second kappa shape index (κ2) is 5.40. The van der Waals surface area contributed by atoms with E-state index in [4.69, 9.17) is 0 Å². The van der Waals surface area contributed by atoms with E-state index in [0.29, 0.717) is 12.5 Å². The van der Waals surface area contributed by atoms with Gasteiger partial charge in [-0.25, -0.2) is 13.2 Å². The van der Waals surface area contributed by atoms with Crippen molar-refractivity contribution in [1.82, 2.24) is 5.32 Å². The SMILES string of the molecule is Fc1cc(NCC2CCCNC2)cc(F)c1F. The second-order valence-electron chi connectivity index (χ2n) is 4.35. The van der Waals surface area contributed by atoms with E-state index in [1.165, 1.54) is 0 Å². The number of halogens is 3. The summed E-state index contributed by atoms with van der Waals surface area (Å²) in [5.74, 6) is -3.29. The van der Waals surface area contributed by atoms with E-state index in [-0.39, 0.29) is 5.69 Å². The Bertz CT molecular complexity index is 366.